The lowest BCUT2D eigenvalue weighted by Crippen LogP contribution is -2.54. The molecular weight excluding hydrogens is 414 g/mol. The molecule has 4 rings (SSSR count). The molecule has 11 nitrogen and oxygen atoms in total. The largest absolute Gasteiger partial charge is 0.456 e. The number of hydrogen-bond donors (Lipinski definition) is 3. The maximum absolute atomic E-state index is 13.0. The van der Waals surface area contributed by atoms with Crippen molar-refractivity contribution >= 4 is 35.5 Å². The summed E-state index contributed by atoms with van der Waals surface area (Å²) in [7, 11) is 0. The first-order valence-electron chi connectivity index (χ1n) is 10.5. The maximum atomic E-state index is 13.0. The maximum Gasteiger partial charge on any atom is 0.326 e. The van der Waals surface area contributed by atoms with Crippen LogP contribution < -0.4 is 16.4 Å². The van der Waals surface area contributed by atoms with E-state index in [1.807, 2.05) is 37.3 Å². The molecule has 4 N–H and O–H groups in total. The van der Waals surface area contributed by atoms with Gasteiger partial charge >= 0.3 is 12.0 Å². The molecule has 0 radical (unpaired) electrons. The van der Waals surface area contributed by atoms with Crippen LogP contribution in [0.3, 0.4) is 0 Å². The van der Waals surface area contributed by atoms with Gasteiger partial charge in [0.1, 0.15) is 12.1 Å². The van der Waals surface area contributed by atoms with Crippen LogP contribution in [0.25, 0.3) is 0 Å². The predicted molar refractivity (Wildman–Crippen MR) is 114 cm³/mol. The summed E-state index contributed by atoms with van der Waals surface area (Å²) in [6, 6.07) is 8.67. The number of nitrogens with one attached hydrogen (secondary N) is 2. The second-order valence-electron chi connectivity index (χ2n) is 8.02. The Kier molecular flexibility index (Phi) is 5.89. The van der Waals surface area contributed by atoms with E-state index in [1.165, 1.54) is 0 Å². The SMILES string of the molecule is C[C@@H]1CCCC[C@@]12NC(=O)N(CC(=O)OCc1nc(N)nc(Nc3ccccc3)n1)C2=O. The zero-order valence-electron chi connectivity index (χ0n) is 17.7. The first kappa shape index (κ1) is 21.5. The first-order valence-corrected chi connectivity index (χ1v) is 10.5. The number of carbonyl (C=O) groups is 3. The van der Waals surface area contributed by atoms with E-state index in [2.05, 4.69) is 25.6 Å². The van der Waals surface area contributed by atoms with E-state index >= 15 is 0 Å². The van der Waals surface area contributed by atoms with Crippen molar-refractivity contribution in [2.24, 2.45) is 5.92 Å². The van der Waals surface area contributed by atoms with Gasteiger partial charge in [-0.15, -0.1) is 0 Å². The average molecular weight is 439 g/mol. The second kappa shape index (κ2) is 8.77. The summed E-state index contributed by atoms with van der Waals surface area (Å²) in [6.07, 6.45) is 3.30. The Balaban J connectivity index is 1.37. The number of aromatic nitrogens is 3. The van der Waals surface area contributed by atoms with E-state index in [9.17, 15) is 14.4 Å². The Morgan fingerprint density at radius 1 is 1.25 bits per heavy atom. The van der Waals surface area contributed by atoms with Gasteiger partial charge in [0.25, 0.3) is 5.91 Å². The highest BCUT2D eigenvalue weighted by Gasteiger charge is 2.55. The van der Waals surface area contributed by atoms with Crippen LogP contribution in [-0.2, 0) is 20.9 Å². The van der Waals surface area contributed by atoms with Crippen LogP contribution in [0.2, 0.25) is 0 Å². The number of carbonyl (C=O) groups excluding carboxylic acids is 3. The smallest absolute Gasteiger partial charge is 0.326 e. The minimum Gasteiger partial charge on any atom is -0.456 e. The second-order valence-corrected chi connectivity index (χ2v) is 8.02. The van der Waals surface area contributed by atoms with Crippen LogP contribution in [0.5, 0.6) is 0 Å². The van der Waals surface area contributed by atoms with Gasteiger partial charge in [-0.25, -0.2) is 4.79 Å². The molecule has 11 heteroatoms. The standard InChI is InChI=1S/C21H25N7O4/c1-13-7-5-6-10-21(13)17(30)28(20(31)27-21)11-16(29)32-12-15-24-18(22)26-19(25-15)23-14-8-3-2-4-9-14/h2-4,8-9,13H,5-7,10-12H2,1H3,(H,27,31)(H3,22,23,24,25,26)/t13-,21-/m1/s1. The molecule has 32 heavy (non-hydrogen) atoms. The van der Waals surface area contributed by atoms with E-state index in [0.717, 1.165) is 29.8 Å². The molecule has 1 spiro atoms. The molecule has 168 valence electrons. The van der Waals surface area contributed by atoms with Gasteiger partial charge in [-0.1, -0.05) is 38.0 Å². The predicted octanol–water partition coefficient (Wildman–Crippen LogP) is 1.74. The number of para-hydroxylation sites is 1. The van der Waals surface area contributed by atoms with Crippen LogP contribution in [-0.4, -0.2) is 49.8 Å². The Labute approximate surface area is 184 Å². The van der Waals surface area contributed by atoms with Crippen LogP contribution in [0.15, 0.2) is 30.3 Å². The van der Waals surface area contributed by atoms with Gasteiger partial charge in [0.15, 0.2) is 12.4 Å². The van der Waals surface area contributed by atoms with Crippen molar-refractivity contribution in [1.29, 1.82) is 0 Å². The van der Waals surface area contributed by atoms with E-state index in [1.54, 1.807) is 0 Å². The highest BCUT2D eigenvalue weighted by atomic mass is 16.5. The summed E-state index contributed by atoms with van der Waals surface area (Å²) >= 11 is 0. The molecule has 2 heterocycles. The van der Waals surface area contributed by atoms with Gasteiger partial charge in [-0.05, 0) is 30.9 Å². The van der Waals surface area contributed by atoms with Crippen LogP contribution in [0, 0.1) is 5.92 Å². The van der Waals surface area contributed by atoms with Crippen LogP contribution in [0.4, 0.5) is 22.4 Å². The molecule has 0 unspecified atom stereocenters. The number of nitrogens with zero attached hydrogens (tertiary/aromatic N) is 4. The number of imide groups is 1. The van der Waals surface area contributed by atoms with Crippen molar-refractivity contribution in [1.82, 2.24) is 25.2 Å². The molecule has 2 aliphatic rings. The number of nitrogen functional groups attached to an aromatic ring is 1. The average Bonchev–Trinajstić information content (AvgIpc) is 3.00. The van der Waals surface area contributed by atoms with Gasteiger partial charge in [0, 0.05) is 5.69 Å². The van der Waals surface area contributed by atoms with Crippen molar-refractivity contribution in [2.45, 2.75) is 44.8 Å². The van der Waals surface area contributed by atoms with Gasteiger partial charge in [0.05, 0.1) is 0 Å². The Bertz CT molecular complexity index is 1030. The Morgan fingerprint density at radius 3 is 2.78 bits per heavy atom. The number of amides is 3. The van der Waals surface area contributed by atoms with Crippen molar-refractivity contribution < 1.29 is 19.1 Å². The molecule has 1 saturated heterocycles. The fraction of sp³-hybridized carbons (Fsp3) is 0.429. The monoisotopic (exact) mass is 439 g/mol. The van der Waals surface area contributed by atoms with Gasteiger partial charge in [-0.3, -0.25) is 14.5 Å². The summed E-state index contributed by atoms with van der Waals surface area (Å²) in [6.45, 7) is 1.19. The number of benzene rings is 1. The third-order valence-electron chi connectivity index (χ3n) is 5.88. The molecule has 1 aromatic carbocycles. The van der Waals surface area contributed by atoms with Crippen molar-refractivity contribution in [2.75, 3.05) is 17.6 Å². The molecule has 2 aromatic rings. The zero-order chi connectivity index (χ0) is 22.7. The number of anilines is 3. The van der Waals surface area contributed by atoms with Gasteiger partial charge in [0.2, 0.25) is 11.9 Å². The van der Waals surface area contributed by atoms with Gasteiger partial charge < -0.3 is 21.1 Å². The van der Waals surface area contributed by atoms with Crippen molar-refractivity contribution in [3.8, 4) is 0 Å². The van der Waals surface area contributed by atoms with E-state index in [-0.39, 0.29) is 36.2 Å². The van der Waals surface area contributed by atoms with Crippen LogP contribution >= 0.6 is 0 Å². The first-order chi connectivity index (χ1) is 15.4. The minimum absolute atomic E-state index is 0.0115. The molecular formula is C21H25N7O4. The summed E-state index contributed by atoms with van der Waals surface area (Å²) in [4.78, 5) is 50.8. The third kappa shape index (κ3) is 4.32. The number of hydrogen-bond acceptors (Lipinski definition) is 9. The molecule has 2 fully saturated rings. The molecule has 1 aromatic heterocycles. The van der Waals surface area contributed by atoms with Crippen molar-refractivity contribution in [3.05, 3.63) is 36.2 Å². The number of ether oxygens (including phenoxy) is 1. The van der Waals surface area contributed by atoms with Crippen molar-refractivity contribution in [3.63, 3.8) is 0 Å². The van der Waals surface area contributed by atoms with E-state index in [0.29, 0.717) is 6.42 Å². The normalized spacial score (nSPS) is 22.7. The van der Waals surface area contributed by atoms with Crippen LogP contribution in [0.1, 0.15) is 38.4 Å². The summed E-state index contributed by atoms with van der Waals surface area (Å²) in [5, 5.41) is 5.80. The molecule has 0 bridgehead atoms. The Hall–Kier alpha value is -3.76. The highest BCUT2D eigenvalue weighted by molar-refractivity contribution is 6.08. The quantitative estimate of drug-likeness (QED) is 0.451. The van der Waals surface area contributed by atoms with Gasteiger partial charge in [-0.2, -0.15) is 15.0 Å². The number of nitrogens with two attached hydrogens (primary N) is 1. The molecule has 2 atom stereocenters. The third-order valence-corrected chi connectivity index (χ3v) is 5.88. The summed E-state index contributed by atoms with van der Waals surface area (Å²) < 4.78 is 5.20. The summed E-state index contributed by atoms with van der Waals surface area (Å²) in [5.41, 5.74) is 5.57. The lowest BCUT2D eigenvalue weighted by Gasteiger charge is -2.36. The number of rotatable bonds is 6. The topological polar surface area (TPSA) is 152 Å². The lowest BCUT2D eigenvalue weighted by atomic mass is 9.73. The fourth-order valence-electron chi connectivity index (χ4n) is 4.17. The molecule has 1 saturated carbocycles. The number of urea groups is 1. The number of esters is 1. The molecule has 3 amide bonds. The lowest BCUT2D eigenvalue weighted by molar-refractivity contribution is -0.149. The highest BCUT2D eigenvalue weighted by Crippen LogP contribution is 2.38. The summed E-state index contributed by atoms with van der Waals surface area (Å²) in [5.74, 6) is -0.795. The zero-order valence-corrected chi connectivity index (χ0v) is 17.7. The molecule has 1 aliphatic carbocycles. The minimum atomic E-state index is -0.920. The molecule has 1 aliphatic heterocycles. The van der Waals surface area contributed by atoms with E-state index in [4.69, 9.17) is 10.5 Å². The Morgan fingerprint density at radius 2 is 2.03 bits per heavy atom. The fourth-order valence-corrected chi connectivity index (χ4v) is 4.17. The van der Waals surface area contributed by atoms with E-state index < -0.39 is 24.1 Å².